The Labute approximate surface area is 164 Å². The number of rotatable bonds is 4. The third kappa shape index (κ3) is 3.33. The molecular formula is C22H23N3O3. The van der Waals surface area contributed by atoms with Crippen molar-refractivity contribution in [1.82, 2.24) is 15.1 Å². The molecular weight excluding hydrogens is 354 g/mol. The Hall–Kier alpha value is -3.28. The number of carbonyl (C=O) groups is 1. The minimum Gasteiger partial charge on any atom is -0.486 e. The van der Waals surface area contributed by atoms with Gasteiger partial charge in [-0.15, -0.1) is 0 Å². The van der Waals surface area contributed by atoms with E-state index in [-0.39, 0.29) is 11.9 Å². The lowest BCUT2D eigenvalue weighted by atomic mass is 10.1. The fourth-order valence-electron chi connectivity index (χ4n) is 3.47. The van der Waals surface area contributed by atoms with Crippen LogP contribution in [0.3, 0.4) is 0 Å². The van der Waals surface area contributed by atoms with Crippen molar-refractivity contribution in [3.63, 3.8) is 0 Å². The molecule has 2 aromatic carbocycles. The first kappa shape index (κ1) is 18.1. The second-order valence-electron chi connectivity index (χ2n) is 6.89. The highest BCUT2D eigenvalue weighted by atomic mass is 16.6. The molecule has 28 heavy (non-hydrogen) atoms. The van der Waals surface area contributed by atoms with Crippen molar-refractivity contribution in [3.8, 4) is 17.2 Å². The number of hydrogen-bond donors (Lipinski definition) is 1. The van der Waals surface area contributed by atoms with E-state index < -0.39 is 0 Å². The van der Waals surface area contributed by atoms with Crippen molar-refractivity contribution in [1.29, 1.82) is 0 Å². The van der Waals surface area contributed by atoms with E-state index in [9.17, 15) is 4.79 Å². The first-order valence-electron chi connectivity index (χ1n) is 9.36. The van der Waals surface area contributed by atoms with Crippen molar-refractivity contribution in [3.05, 3.63) is 71.0 Å². The summed E-state index contributed by atoms with van der Waals surface area (Å²) >= 11 is 0. The summed E-state index contributed by atoms with van der Waals surface area (Å²) in [4.78, 5) is 13.0. The number of hydrogen-bond acceptors (Lipinski definition) is 4. The minimum absolute atomic E-state index is 0.139. The van der Waals surface area contributed by atoms with Gasteiger partial charge < -0.3 is 14.8 Å². The van der Waals surface area contributed by atoms with Gasteiger partial charge in [0, 0.05) is 0 Å². The van der Waals surface area contributed by atoms with Gasteiger partial charge in [0.2, 0.25) is 0 Å². The van der Waals surface area contributed by atoms with E-state index in [4.69, 9.17) is 9.47 Å². The first-order chi connectivity index (χ1) is 13.5. The van der Waals surface area contributed by atoms with Gasteiger partial charge in [-0.3, -0.25) is 4.79 Å². The smallest absolute Gasteiger partial charge is 0.255 e. The number of para-hydroxylation sites is 1. The highest BCUT2D eigenvalue weighted by molar-refractivity contribution is 5.96. The van der Waals surface area contributed by atoms with Gasteiger partial charge in [0.1, 0.15) is 13.2 Å². The first-order valence-corrected chi connectivity index (χ1v) is 9.36. The van der Waals surface area contributed by atoms with Gasteiger partial charge in [0.25, 0.3) is 5.91 Å². The van der Waals surface area contributed by atoms with Gasteiger partial charge in [0.15, 0.2) is 11.5 Å². The van der Waals surface area contributed by atoms with Crippen LogP contribution in [-0.4, -0.2) is 28.9 Å². The fraction of sp³-hybridized carbons (Fsp3) is 0.273. The van der Waals surface area contributed by atoms with E-state index in [1.807, 2.05) is 69.3 Å². The molecule has 2 heterocycles. The topological polar surface area (TPSA) is 65.4 Å². The molecule has 0 fully saturated rings. The molecule has 144 valence electrons. The monoisotopic (exact) mass is 377 g/mol. The van der Waals surface area contributed by atoms with Crippen molar-refractivity contribution < 1.29 is 14.3 Å². The number of benzene rings is 2. The van der Waals surface area contributed by atoms with Crippen LogP contribution >= 0.6 is 0 Å². The number of amides is 1. The zero-order chi connectivity index (χ0) is 19.7. The standard InChI is InChI=1S/C22H23N3O3/c1-14(17-9-10-19-20(13-17)28-12-11-27-19)23-22(26)21-15(2)24-25(16(21)3)18-7-5-4-6-8-18/h4-10,13-14H,11-12H2,1-3H3,(H,23,26)/t14-/m1/s1. The molecule has 0 saturated heterocycles. The van der Waals surface area contributed by atoms with Crippen molar-refractivity contribution in [2.24, 2.45) is 0 Å². The van der Waals surface area contributed by atoms with E-state index in [1.54, 1.807) is 4.68 Å². The maximum absolute atomic E-state index is 13.0. The lowest BCUT2D eigenvalue weighted by Gasteiger charge is -2.21. The summed E-state index contributed by atoms with van der Waals surface area (Å²) < 4.78 is 13.0. The predicted molar refractivity (Wildman–Crippen MR) is 106 cm³/mol. The van der Waals surface area contributed by atoms with E-state index in [0.29, 0.717) is 30.2 Å². The van der Waals surface area contributed by atoms with Crippen LogP contribution in [0.25, 0.3) is 5.69 Å². The Morgan fingerprint density at radius 2 is 1.79 bits per heavy atom. The summed E-state index contributed by atoms with van der Waals surface area (Å²) in [7, 11) is 0. The number of aromatic nitrogens is 2. The molecule has 1 N–H and O–H groups in total. The van der Waals surface area contributed by atoms with Crippen LogP contribution in [0.15, 0.2) is 48.5 Å². The Bertz CT molecular complexity index is 1010. The van der Waals surface area contributed by atoms with Crippen LogP contribution in [0.5, 0.6) is 11.5 Å². The highest BCUT2D eigenvalue weighted by Crippen LogP contribution is 2.32. The molecule has 0 unspecified atom stereocenters. The summed E-state index contributed by atoms with van der Waals surface area (Å²) in [6, 6.07) is 15.4. The second kappa shape index (κ2) is 7.38. The van der Waals surface area contributed by atoms with E-state index in [1.165, 1.54) is 0 Å². The quantitative estimate of drug-likeness (QED) is 0.752. The highest BCUT2D eigenvalue weighted by Gasteiger charge is 2.22. The van der Waals surface area contributed by atoms with Crippen molar-refractivity contribution in [2.45, 2.75) is 26.8 Å². The Morgan fingerprint density at radius 3 is 2.54 bits per heavy atom. The van der Waals surface area contributed by atoms with Gasteiger partial charge in [-0.1, -0.05) is 24.3 Å². The van der Waals surface area contributed by atoms with E-state index >= 15 is 0 Å². The molecule has 4 rings (SSSR count). The Kier molecular flexibility index (Phi) is 4.77. The third-order valence-electron chi connectivity index (χ3n) is 4.93. The van der Waals surface area contributed by atoms with E-state index in [2.05, 4.69) is 10.4 Å². The van der Waals surface area contributed by atoms with Crippen LogP contribution in [0.4, 0.5) is 0 Å². The molecule has 3 aromatic rings. The molecule has 0 spiro atoms. The molecule has 0 saturated carbocycles. The lowest BCUT2D eigenvalue weighted by molar-refractivity contribution is 0.0938. The van der Waals surface area contributed by atoms with Crippen LogP contribution in [0.2, 0.25) is 0 Å². The van der Waals surface area contributed by atoms with Gasteiger partial charge in [-0.2, -0.15) is 5.10 Å². The number of fused-ring (bicyclic) bond motifs is 1. The SMILES string of the molecule is Cc1nn(-c2ccccc2)c(C)c1C(=O)N[C@H](C)c1ccc2c(c1)OCCO2. The molecule has 0 radical (unpaired) electrons. The lowest BCUT2D eigenvalue weighted by Crippen LogP contribution is -2.27. The Morgan fingerprint density at radius 1 is 1.07 bits per heavy atom. The zero-order valence-corrected chi connectivity index (χ0v) is 16.2. The molecule has 1 aliphatic rings. The fourth-order valence-corrected chi connectivity index (χ4v) is 3.47. The van der Waals surface area contributed by atoms with Gasteiger partial charge in [0.05, 0.1) is 28.7 Å². The molecule has 1 amide bonds. The van der Waals surface area contributed by atoms with Crippen molar-refractivity contribution in [2.75, 3.05) is 13.2 Å². The maximum Gasteiger partial charge on any atom is 0.255 e. The molecule has 6 heteroatoms. The largest absolute Gasteiger partial charge is 0.486 e. The van der Waals surface area contributed by atoms with Gasteiger partial charge >= 0.3 is 0 Å². The molecule has 6 nitrogen and oxygen atoms in total. The molecule has 0 bridgehead atoms. The summed E-state index contributed by atoms with van der Waals surface area (Å²) in [6.07, 6.45) is 0. The summed E-state index contributed by atoms with van der Waals surface area (Å²) in [5.41, 5.74) is 4.02. The number of aryl methyl sites for hydroxylation is 1. The average molecular weight is 377 g/mol. The van der Waals surface area contributed by atoms with Gasteiger partial charge in [-0.25, -0.2) is 4.68 Å². The maximum atomic E-state index is 13.0. The zero-order valence-electron chi connectivity index (χ0n) is 16.2. The third-order valence-corrected chi connectivity index (χ3v) is 4.93. The second-order valence-corrected chi connectivity index (χ2v) is 6.89. The van der Waals surface area contributed by atoms with Crippen LogP contribution in [-0.2, 0) is 0 Å². The number of ether oxygens (including phenoxy) is 2. The van der Waals surface area contributed by atoms with Crippen LogP contribution in [0, 0.1) is 13.8 Å². The van der Waals surface area contributed by atoms with Crippen molar-refractivity contribution >= 4 is 5.91 Å². The normalized spacial score (nSPS) is 13.8. The van der Waals surface area contributed by atoms with E-state index in [0.717, 1.165) is 22.7 Å². The predicted octanol–water partition coefficient (Wildman–Crippen LogP) is 3.75. The van der Waals surface area contributed by atoms with Crippen LogP contribution in [0.1, 0.15) is 40.3 Å². The molecule has 0 aliphatic carbocycles. The minimum atomic E-state index is -0.179. The summed E-state index contributed by atoms with van der Waals surface area (Å²) in [5, 5.41) is 7.64. The van der Waals surface area contributed by atoms with Crippen LogP contribution < -0.4 is 14.8 Å². The molecule has 1 aliphatic heterocycles. The number of carbonyl (C=O) groups excluding carboxylic acids is 1. The summed E-state index contributed by atoms with van der Waals surface area (Å²) in [5.74, 6) is 1.32. The summed E-state index contributed by atoms with van der Waals surface area (Å²) in [6.45, 7) is 6.82. The Balaban J connectivity index is 1.56. The van der Waals surface area contributed by atoms with Gasteiger partial charge in [-0.05, 0) is 50.6 Å². The average Bonchev–Trinajstić information content (AvgIpc) is 3.02. The number of nitrogens with zero attached hydrogens (tertiary/aromatic N) is 2. The number of nitrogens with one attached hydrogen (secondary N) is 1. The molecule has 1 atom stereocenters. The molecule has 1 aromatic heterocycles.